The summed E-state index contributed by atoms with van der Waals surface area (Å²) in [7, 11) is 0. The van der Waals surface area contributed by atoms with Gasteiger partial charge in [0.2, 0.25) is 0 Å². The van der Waals surface area contributed by atoms with Crippen molar-refractivity contribution in [1.29, 1.82) is 0 Å². The zero-order valence-corrected chi connectivity index (χ0v) is 13.5. The van der Waals surface area contributed by atoms with Crippen molar-refractivity contribution in [2.24, 2.45) is 0 Å². The average molecular weight is 312 g/mol. The van der Waals surface area contributed by atoms with Crippen LogP contribution in [0.1, 0.15) is 13.8 Å². The summed E-state index contributed by atoms with van der Waals surface area (Å²) in [4.78, 5) is 11.7. The number of aromatic nitrogens is 2. The van der Waals surface area contributed by atoms with E-state index in [4.69, 9.17) is 21.6 Å². The van der Waals surface area contributed by atoms with Crippen LogP contribution in [0.25, 0.3) is 22.3 Å². The van der Waals surface area contributed by atoms with Crippen molar-refractivity contribution in [3.63, 3.8) is 0 Å². The summed E-state index contributed by atoms with van der Waals surface area (Å²) in [5.74, 6) is 1.64. The van der Waals surface area contributed by atoms with Crippen molar-refractivity contribution in [2.75, 3.05) is 18.0 Å². The Balaban J connectivity index is 2.27. The molecule has 4 heteroatoms. The molecule has 0 N–H and O–H groups in total. The first-order valence-corrected chi connectivity index (χ1v) is 7.89. The first-order chi connectivity index (χ1) is 10.7. The van der Waals surface area contributed by atoms with Gasteiger partial charge in [-0.3, -0.25) is 0 Å². The molecule has 0 bridgehead atoms. The lowest BCUT2D eigenvalue weighted by Gasteiger charge is -2.22. The van der Waals surface area contributed by atoms with E-state index in [-0.39, 0.29) is 0 Å². The molecule has 0 unspecified atom stereocenters. The second kappa shape index (κ2) is 6.32. The number of halogens is 1. The van der Waals surface area contributed by atoms with Gasteiger partial charge in [0.15, 0.2) is 5.82 Å². The van der Waals surface area contributed by atoms with Gasteiger partial charge in [-0.1, -0.05) is 35.9 Å². The van der Waals surface area contributed by atoms with Gasteiger partial charge < -0.3 is 4.90 Å². The fraction of sp³-hybridized carbons (Fsp3) is 0.222. The van der Waals surface area contributed by atoms with Gasteiger partial charge >= 0.3 is 0 Å². The highest BCUT2D eigenvalue weighted by Gasteiger charge is 2.14. The third-order valence-corrected chi connectivity index (χ3v) is 4.09. The highest BCUT2D eigenvalue weighted by atomic mass is 35.5. The van der Waals surface area contributed by atoms with E-state index in [9.17, 15) is 0 Å². The standard InChI is InChI=1S/C18H18ClN3/c1-3-22(4-2)18-14-10-6-8-12-16(14)20-17(21-18)13-9-5-7-11-15(13)19/h5-12H,3-4H2,1-2H3. The van der Waals surface area contributed by atoms with Gasteiger partial charge in [0.1, 0.15) is 5.82 Å². The van der Waals surface area contributed by atoms with Gasteiger partial charge in [-0.2, -0.15) is 0 Å². The summed E-state index contributed by atoms with van der Waals surface area (Å²) in [5.41, 5.74) is 1.80. The maximum absolute atomic E-state index is 6.32. The van der Waals surface area contributed by atoms with Gasteiger partial charge in [-0.05, 0) is 38.1 Å². The molecule has 0 aliphatic carbocycles. The first kappa shape index (κ1) is 14.8. The molecular formula is C18H18ClN3. The van der Waals surface area contributed by atoms with Crippen LogP contribution in [0.2, 0.25) is 5.02 Å². The number of rotatable bonds is 4. The molecule has 22 heavy (non-hydrogen) atoms. The van der Waals surface area contributed by atoms with Gasteiger partial charge in [0, 0.05) is 24.0 Å². The fourth-order valence-corrected chi connectivity index (χ4v) is 2.81. The maximum atomic E-state index is 6.32. The molecule has 0 aliphatic heterocycles. The fourth-order valence-electron chi connectivity index (χ4n) is 2.59. The molecule has 112 valence electrons. The third-order valence-electron chi connectivity index (χ3n) is 3.76. The number of fused-ring (bicyclic) bond motifs is 1. The SMILES string of the molecule is CCN(CC)c1nc(-c2ccccc2Cl)nc2ccccc12. The Morgan fingerprint density at radius 3 is 2.32 bits per heavy atom. The summed E-state index contributed by atoms with van der Waals surface area (Å²) in [5, 5.41) is 1.74. The highest BCUT2D eigenvalue weighted by molar-refractivity contribution is 6.33. The number of benzene rings is 2. The number of para-hydroxylation sites is 1. The molecule has 1 aromatic heterocycles. The lowest BCUT2D eigenvalue weighted by Crippen LogP contribution is -2.23. The van der Waals surface area contributed by atoms with Crippen LogP contribution in [0, 0.1) is 0 Å². The Morgan fingerprint density at radius 1 is 0.909 bits per heavy atom. The minimum absolute atomic E-state index is 0.670. The largest absolute Gasteiger partial charge is 0.357 e. The zero-order chi connectivity index (χ0) is 15.5. The molecule has 0 aliphatic rings. The van der Waals surface area contributed by atoms with Crippen molar-refractivity contribution in [3.8, 4) is 11.4 Å². The van der Waals surface area contributed by atoms with Gasteiger partial charge in [-0.25, -0.2) is 9.97 Å². The highest BCUT2D eigenvalue weighted by Crippen LogP contribution is 2.30. The molecule has 3 nitrogen and oxygen atoms in total. The van der Waals surface area contributed by atoms with Crippen LogP contribution >= 0.6 is 11.6 Å². The van der Waals surface area contributed by atoms with E-state index in [0.29, 0.717) is 10.8 Å². The lowest BCUT2D eigenvalue weighted by atomic mass is 10.1. The van der Waals surface area contributed by atoms with Crippen LogP contribution in [0.5, 0.6) is 0 Å². The molecule has 0 fully saturated rings. The summed E-state index contributed by atoms with van der Waals surface area (Å²) in [6.07, 6.45) is 0. The van der Waals surface area contributed by atoms with Crippen LogP contribution in [0.15, 0.2) is 48.5 Å². The smallest absolute Gasteiger partial charge is 0.163 e. The third kappa shape index (κ3) is 2.64. The Kier molecular flexibility index (Phi) is 4.25. The van der Waals surface area contributed by atoms with Crippen molar-refractivity contribution in [1.82, 2.24) is 9.97 Å². The van der Waals surface area contributed by atoms with E-state index >= 15 is 0 Å². The topological polar surface area (TPSA) is 29.0 Å². The van der Waals surface area contributed by atoms with Crippen LogP contribution in [0.3, 0.4) is 0 Å². The summed E-state index contributed by atoms with van der Waals surface area (Å²) in [6.45, 7) is 6.07. The van der Waals surface area contributed by atoms with E-state index in [0.717, 1.165) is 35.4 Å². The normalized spacial score (nSPS) is 10.9. The molecular weight excluding hydrogens is 294 g/mol. The van der Waals surface area contributed by atoms with Crippen LogP contribution in [-0.2, 0) is 0 Å². The van der Waals surface area contributed by atoms with E-state index in [1.807, 2.05) is 42.5 Å². The van der Waals surface area contributed by atoms with Crippen molar-refractivity contribution < 1.29 is 0 Å². The van der Waals surface area contributed by atoms with E-state index in [2.05, 4.69) is 24.8 Å². The Labute approximate surface area is 135 Å². The van der Waals surface area contributed by atoms with Crippen molar-refractivity contribution >= 4 is 28.3 Å². The van der Waals surface area contributed by atoms with E-state index < -0.39 is 0 Å². The molecule has 3 aromatic rings. The van der Waals surface area contributed by atoms with Gasteiger partial charge in [0.25, 0.3) is 0 Å². The predicted octanol–water partition coefficient (Wildman–Crippen LogP) is 4.80. The van der Waals surface area contributed by atoms with Gasteiger partial charge in [-0.15, -0.1) is 0 Å². The summed E-state index contributed by atoms with van der Waals surface area (Å²) in [6, 6.07) is 15.8. The Morgan fingerprint density at radius 2 is 1.59 bits per heavy atom. The second-order valence-electron chi connectivity index (χ2n) is 5.04. The predicted molar refractivity (Wildman–Crippen MR) is 93.5 cm³/mol. The Bertz CT molecular complexity index is 797. The minimum atomic E-state index is 0.670. The average Bonchev–Trinajstić information content (AvgIpc) is 2.56. The molecule has 0 spiro atoms. The molecule has 1 heterocycles. The first-order valence-electron chi connectivity index (χ1n) is 7.51. The van der Waals surface area contributed by atoms with Gasteiger partial charge in [0.05, 0.1) is 10.5 Å². The lowest BCUT2D eigenvalue weighted by molar-refractivity contribution is 0.850. The molecule has 3 rings (SSSR count). The maximum Gasteiger partial charge on any atom is 0.163 e. The molecule has 0 atom stereocenters. The molecule has 0 saturated carbocycles. The van der Waals surface area contributed by atoms with Crippen molar-refractivity contribution in [3.05, 3.63) is 53.6 Å². The molecule has 2 aromatic carbocycles. The summed E-state index contributed by atoms with van der Waals surface area (Å²) >= 11 is 6.32. The second-order valence-corrected chi connectivity index (χ2v) is 5.45. The summed E-state index contributed by atoms with van der Waals surface area (Å²) < 4.78 is 0. The molecule has 0 radical (unpaired) electrons. The number of hydrogen-bond acceptors (Lipinski definition) is 3. The number of anilines is 1. The van der Waals surface area contributed by atoms with Crippen LogP contribution in [0.4, 0.5) is 5.82 Å². The van der Waals surface area contributed by atoms with E-state index in [1.165, 1.54) is 0 Å². The van der Waals surface area contributed by atoms with Crippen molar-refractivity contribution in [2.45, 2.75) is 13.8 Å². The zero-order valence-electron chi connectivity index (χ0n) is 12.8. The molecule has 0 amide bonds. The minimum Gasteiger partial charge on any atom is -0.357 e. The number of hydrogen-bond donors (Lipinski definition) is 0. The monoisotopic (exact) mass is 311 g/mol. The van der Waals surface area contributed by atoms with E-state index in [1.54, 1.807) is 0 Å². The van der Waals surface area contributed by atoms with Crippen LogP contribution in [-0.4, -0.2) is 23.1 Å². The van der Waals surface area contributed by atoms with Crippen LogP contribution < -0.4 is 4.90 Å². The number of nitrogens with zero attached hydrogens (tertiary/aromatic N) is 3. The molecule has 0 saturated heterocycles. The quantitative estimate of drug-likeness (QED) is 0.693. The Hall–Kier alpha value is -2.13.